The molecule has 0 bridgehead atoms. The average molecular weight is 404 g/mol. The number of halogens is 1. The summed E-state index contributed by atoms with van der Waals surface area (Å²) >= 11 is 5.96. The number of ether oxygens (including phenoxy) is 1. The van der Waals surface area contributed by atoms with Gasteiger partial charge in [-0.1, -0.05) is 48.0 Å². The Balaban J connectivity index is 1.53. The zero-order valence-corrected chi connectivity index (χ0v) is 16.5. The van der Waals surface area contributed by atoms with Gasteiger partial charge in [-0.15, -0.1) is 0 Å². The number of hydrazone groups is 1. The highest BCUT2D eigenvalue weighted by Gasteiger charge is 2.04. The van der Waals surface area contributed by atoms with Crippen molar-refractivity contribution < 1.29 is 9.53 Å². The van der Waals surface area contributed by atoms with Crippen molar-refractivity contribution in [2.45, 2.75) is 6.92 Å². The van der Waals surface area contributed by atoms with Gasteiger partial charge in [0.2, 0.25) is 0 Å². The van der Waals surface area contributed by atoms with Crippen LogP contribution in [0, 0.1) is 11.3 Å². The molecule has 1 N–H and O–H groups in total. The van der Waals surface area contributed by atoms with Crippen LogP contribution in [0.3, 0.4) is 0 Å². The molecule has 29 heavy (non-hydrogen) atoms. The van der Waals surface area contributed by atoms with Gasteiger partial charge in [-0.25, -0.2) is 5.43 Å². The largest absolute Gasteiger partial charge is 0.484 e. The highest BCUT2D eigenvalue weighted by molar-refractivity contribution is 6.31. The molecule has 0 fully saturated rings. The molecule has 0 aromatic heterocycles. The molecule has 0 aliphatic rings. The zero-order valence-electron chi connectivity index (χ0n) is 15.7. The van der Waals surface area contributed by atoms with Gasteiger partial charge in [-0.3, -0.25) is 4.79 Å². The van der Waals surface area contributed by atoms with Gasteiger partial charge < -0.3 is 4.74 Å². The van der Waals surface area contributed by atoms with Gasteiger partial charge in [-0.2, -0.15) is 10.4 Å². The number of nitriles is 1. The summed E-state index contributed by atoms with van der Waals surface area (Å²) in [6, 6.07) is 24.0. The van der Waals surface area contributed by atoms with E-state index in [1.807, 2.05) is 36.4 Å². The minimum absolute atomic E-state index is 0.150. The molecule has 0 unspecified atom stereocenters. The predicted octanol–water partition coefficient (Wildman–Crippen LogP) is 4.80. The van der Waals surface area contributed by atoms with Gasteiger partial charge in [-0.05, 0) is 60.0 Å². The van der Waals surface area contributed by atoms with E-state index in [0.29, 0.717) is 22.0 Å². The summed E-state index contributed by atoms with van der Waals surface area (Å²) in [4.78, 5) is 12.0. The normalized spacial score (nSPS) is 10.9. The molecule has 6 heteroatoms. The maximum atomic E-state index is 12.0. The van der Waals surface area contributed by atoms with E-state index in [1.165, 1.54) is 0 Å². The van der Waals surface area contributed by atoms with Crippen molar-refractivity contribution in [2.24, 2.45) is 5.10 Å². The Labute approximate surface area is 174 Å². The Hall–Kier alpha value is -3.62. The molecule has 1 amide bonds. The summed E-state index contributed by atoms with van der Waals surface area (Å²) in [5, 5.41) is 13.5. The third kappa shape index (κ3) is 5.68. The average Bonchev–Trinajstić information content (AvgIpc) is 2.76. The molecule has 0 saturated carbocycles. The molecule has 3 aromatic carbocycles. The highest BCUT2D eigenvalue weighted by Crippen LogP contribution is 2.22. The lowest BCUT2D eigenvalue weighted by atomic mass is 10.0. The van der Waals surface area contributed by atoms with Gasteiger partial charge in [0.1, 0.15) is 5.75 Å². The second kappa shape index (κ2) is 9.54. The summed E-state index contributed by atoms with van der Waals surface area (Å²) in [5.41, 5.74) is 6.56. The Kier molecular flexibility index (Phi) is 6.62. The minimum Gasteiger partial charge on any atom is -0.484 e. The molecule has 0 saturated heterocycles. The first-order chi connectivity index (χ1) is 14.0. The Morgan fingerprint density at radius 1 is 1.07 bits per heavy atom. The molecule has 0 aliphatic carbocycles. The number of nitrogens with one attached hydrogen (secondary N) is 1. The molecule has 0 atom stereocenters. The monoisotopic (exact) mass is 403 g/mol. The third-order valence-corrected chi connectivity index (χ3v) is 4.40. The van der Waals surface area contributed by atoms with Gasteiger partial charge in [0.25, 0.3) is 5.91 Å². The number of carbonyl (C=O) groups excluding carboxylic acids is 1. The van der Waals surface area contributed by atoms with E-state index in [2.05, 4.69) is 16.6 Å². The van der Waals surface area contributed by atoms with Crippen LogP contribution in [-0.2, 0) is 4.79 Å². The van der Waals surface area contributed by atoms with Crippen LogP contribution in [0.1, 0.15) is 18.1 Å². The van der Waals surface area contributed by atoms with Crippen LogP contribution < -0.4 is 10.2 Å². The quantitative estimate of drug-likeness (QED) is 0.474. The molecule has 3 aromatic rings. The van der Waals surface area contributed by atoms with Crippen LogP contribution >= 0.6 is 11.6 Å². The number of amides is 1. The molecule has 0 heterocycles. The number of rotatable bonds is 6. The minimum atomic E-state index is -0.359. The molecular weight excluding hydrogens is 386 g/mol. The van der Waals surface area contributed by atoms with E-state index in [0.717, 1.165) is 16.7 Å². The van der Waals surface area contributed by atoms with E-state index in [9.17, 15) is 4.79 Å². The van der Waals surface area contributed by atoms with E-state index in [-0.39, 0.29) is 12.5 Å². The lowest BCUT2D eigenvalue weighted by Gasteiger charge is -2.07. The third-order valence-electron chi connectivity index (χ3n) is 4.16. The van der Waals surface area contributed by atoms with Crippen molar-refractivity contribution in [2.75, 3.05) is 6.61 Å². The Bertz CT molecular complexity index is 1070. The van der Waals surface area contributed by atoms with Crippen LogP contribution in [-0.4, -0.2) is 18.2 Å². The lowest BCUT2D eigenvalue weighted by Crippen LogP contribution is -2.25. The number of hydrogen-bond donors (Lipinski definition) is 1. The summed E-state index contributed by atoms with van der Waals surface area (Å²) in [5.74, 6) is 0.218. The lowest BCUT2D eigenvalue weighted by molar-refractivity contribution is -0.123. The van der Waals surface area contributed by atoms with Crippen molar-refractivity contribution in [3.8, 4) is 22.9 Å². The summed E-state index contributed by atoms with van der Waals surface area (Å²) in [6.45, 7) is 1.64. The van der Waals surface area contributed by atoms with Crippen molar-refractivity contribution in [1.29, 1.82) is 5.26 Å². The molecule has 5 nitrogen and oxygen atoms in total. The van der Waals surface area contributed by atoms with Crippen LogP contribution in [0.5, 0.6) is 5.75 Å². The van der Waals surface area contributed by atoms with Crippen molar-refractivity contribution in [3.05, 3.63) is 88.9 Å². The Morgan fingerprint density at radius 3 is 2.34 bits per heavy atom. The maximum Gasteiger partial charge on any atom is 0.277 e. The highest BCUT2D eigenvalue weighted by atomic mass is 35.5. The number of benzene rings is 3. The van der Waals surface area contributed by atoms with Crippen molar-refractivity contribution in [3.63, 3.8) is 0 Å². The molecule has 0 spiro atoms. The SMILES string of the molecule is C/C(=N\NC(=O)COc1ccc(-c2ccc(C#N)cc2)cc1)c1cccc(Cl)c1. The van der Waals surface area contributed by atoms with Crippen LogP contribution in [0.2, 0.25) is 5.02 Å². The molecule has 3 rings (SSSR count). The maximum absolute atomic E-state index is 12.0. The van der Waals surface area contributed by atoms with Crippen LogP contribution in [0.4, 0.5) is 0 Å². The first kappa shape index (κ1) is 20.1. The Morgan fingerprint density at radius 2 is 1.72 bits per heavy atom. The van der Waals surface area contributed by atoms with Crippen molar-refractivity contribution >= 4 is 23.2 Å². The number of carbonyl (C=O) groups is 1. The smallest absolute Gasteiger partial charge is 0.277 e. The molecule has 0 radical (unpaired) electrons. The summed E-state index contributed by atoms with van der Waals surface area (Å²) < 4.78 is 5.51. The van der Waals surface area contributed by atoms with E-state index < -0.39 is 0 Å². The van der Waals surface area contributed by atoms with E-state index >= 15 is 0 Å². The topological polar surface area (TPSA) is 74.5 Å². The predicted molar refractivity (Wildman–Crippen MR) is 114 cm³/mol. The second-order valence-corrected chi connectivity index (χ2v) is 6.68. The zero-order chi connectivity index (χ0) is 20.6. The van der Waals surface area contributed by atoms with Crippen LogP contribution in [0.15, 0.2) is 77.9 Å². The first-order valence-corrected chi connectivity index (χ1v) is 9.25. The fourth-order valence-electron chi connectivity index (χ4n) is 2.59. The number of nitrogens with zero attached hydrogens (tertiary/aromatic N) is 2. The number of hydrogen-bond acceptors (Lipinski definition) is 4. The van der Waals surface area contributed by atoms with Crippen LogP contribution in [0.25, 0.3) is 11.1 Å². The molecule has 0 aliphatic heterocycles. The van der Waals surface area contributed by atoms with Gasteiger partial charge in [0.05, 0.1) is 17.3 Å². The standard InChI is InChI=1S/C23H18ClN3O2/c1-16(20-3-2-4-21(24)13-20)26-27-23(28)15-29-22-11-9-19(10-12-22)18-7-5-17(14-25)6-8-18/h2-13H,15H2,1H3,(H,27,28)/b26-16+. The van der Waals surface area contributed by atoms with E-state index in [4.69, 9.17) is 21.6 Å². The van der Waals surface area contributed by atoms with Gasteiger partial charge in [0.15, 0.2) is 6.61 Å². The van der Waals surface area contributed by atoms with Gasteiger partial charge in [0, 0.05) is 5.02 Å². The fraction of sp³-hybridized carbons (Fsp3) is 0.0870. The summed E-state index contributed by atoms with van der Waals surface area (Å²) in [7, 11) is 0. The first-order valence-electron chi connectivity index (χ1n) is 8.87. The molecular formula is C23H18ClN3O2. The van der Waals surface area contributed by atoms with E-state index in [1.54, 1.807) is 43.3 Å². The van der Waals surface area contributed by atoms with Gasteiger partial charge >= 0.3 is 0 Å². The molecule has 144 valence electrons. The fourth-order valence-corrected chi connectivity index (χ4v) is 2.78. The second-order valence-electron chi connectivity index (χ2n) is 6.24. The summed E-state index contributed by atoms with van der Waals surface area (Å²) in [6.07, 6.45) is 0. The van der Waals surface area contributed by atoms with Crippen molar-refractivity contribution in [1.82, 2.24) is 5.43 Å².